The maximum atomic E-state index is 13.2. The second-order valence-corrected chi connectivity index (χ2v) is 7.09. The predicted octanol–water partition coefficient (Wildman–Crippen LogP) is 3.82. The van der Waals surface area contributed by atoms with Crippen molar-refractivity contribution in [3.05, 3.63) is 57.6 Å². The van der Waals surface area contributed by atoms with E-state index in [0.717, 1.165) is 23.6 Å². The van der Waals surface area contributed by atoms with Gasteiger partial charge in [0.05, 0.1) is 16.1 Å². The maximum Gasteiger partial charge on any atom is 0.433 e. The average Bonchev–Trinajstić information content (AvgIpc) is 2.65. The SMILES string of the molecule is CN(C)CCCNc1nc(=O)n(-c2ccccc2Cl)c2nc(C(F)(F)F)ccc12. The first-order chi connectivity index (χ1) is 13.7. The second kappa shape index (κ2) is 8.38. The van der Waals surface area contributed by atoms with Crippen LogP contribution in [-0.2, 0) is 6.18 Å². The molecule has 0 saturated carbocycles. The zero-order chi connectivity index (χ0) is 21.2. The highest BCUT2D eigenvalue weighted by Gasteiger charge is 2.33. The molecule has 0 fully saturated rings. The summed E-state index contributed by atoms with van der Waals surface area (Å²) in [7, 11) is 3.86. The van der Waals surface area contributed by atoms with E-state index in [4.69, 9.17) is 11.6 Å². The van der Waals surface area contributed by atoms with Gasteiger partial charge in [0.25, 0.3) is 0 Å². The molecule has 0 saturated heterocycles. The number of fused-ring (bicyclic) bond motifs is 1. The van der Waals surface area contributed by atoms with Crippen LogP contribution in [0.15, 0.2) is 41.2 Å². The molecular weight excluding hydrogens is 407 g/mol. The number of nitrogens with one attached hydrogen (secondary N) is 1. The molecule has 0 aliphatic heterocycles. The van der Waals surface area contributed by atoms with Crippen LogP contribution in [0.25, 0.3) is 16.7 Å². The van der Waals surface area contributed by atoms with Crippen LogP contribution in [0.1, 0.15) is 12.1 Å². The lowest BCUT2D eigenvalue weighted by Crippen LogP contribution is -2.26. The number of rotatable bonds is 6. The number of anilines is 1. The molecule has 0 unspecified atom stereocenters. The summed E-state index contributed by atoms with van der Waals surface area (Å²) < 4.78 is 40.7. The molecule has 3 rings (SSSR count). The molecule has 154 valence electrons. The molecule has 0 radical (unpaired) electrons. The summed E-state index contributed by atoms with van der Waals surface area (Å²) in [6, 6.07) is 8.48. The van der Waals surface area contributed by atoms with Gasteiger partial charge >= 0.3 is 11.9 Å². The lowest BCUT2D eigenvalue weighted by Gasteiger charge is -2.16. The summed E-state index contributed by atoms with van der Waals surface area (Å²) >= 11 is 6.17. The molecule has 3 aromatic rings. The molecule has 1 N–H and O–H groups in total. The third-order valence-corrected chi connectivity index (χ3v) is 4.52. The van der Waals surface area contributed by atoms with Crippen LogP contribution in [0, 0.1) is 0 Å². The Labute approximate surface area is 169 Å². The van der Waals surface area contributed by atoms with E-state index in [1.165, 1.54) is 18.2 Å². The maximum absolute atomic E-state index is 13.2. The third-order valence-electron chi connectivity index (χ3n) is 4.20. The Kier molecular flexibility index (Phi) is 6.09. The second-order valence-electron chi connectivity index (χ2n) is 6.68. The minimum Gasteiger partial charge on any atom is -0.369 e. The number of hydrogen-bond acceptors (Lipinski definition) is 5. The number of para-hydroxylation sites is 1. The summed E-state index contributed by atoms with van der Waals surface area (Å²) in [5.74, 6) is 0.188. The fraction of sp³-hybridized carbons (Fsp3) is 0.316. The highest BCUT2D eigenvalue weighted by Crippen LogP contribution is 2.31. The van der Waals surface area contributed by atoms with Crippen LogP contribution in [0.5, 0.6) is 0 Å². The Balaban J connectivity index is 2.18. The van der Waals surface area contributed by atoms with E-state index in [1.54, 1.807) is 12.1 Å². The van der Waals surface area contributed by atoms with Crippen LogP contribution in [0.4, 0.5) is 19.0 Å². The Bertz CT molecular complexity index is 1080. The fourth-order valence-electron chi connectivity index (χ4n) is 2.85. The first kappa shape index (κ1) is 21.1. The molecule has 2 aromatic heterocycles. The largest absolute Gasteiger partial charge is 0.433 e. The van der Waals surface area contributed by atoms with Gasteiger partial charge in [0.15, 0.2) is 5.65 Å². The molecule has 6 nitrogen and oxygen atoms in total. The summed E-state index contributed by atoms with van der Waals surface area (Å²) in [4.78, 5) is 22.5. The summed E-state index contributed by atoms with van der Waals surface area (Å²) in [6.45, 7) is 1.30. The van der Waals surface area contributed by atoms with E-state index in [-0.39, 0.29) is 22.2 Å². The number of nitrogens with zero attached hydrogens (tertiary/aromatic N) is 4. The van der Waals surface area contributed by atoms with Crippen LogP contribution in [0.2, 0.25) is 5.02 Å². The zero-order valence-corrected chi connectivity index (χ0v) is 16.6. The van der Waals surface area contributed by atoms with Gasteiger partial charge in [-0.3, -0.25) is 0 Å². The van der Waals surface area contributed by atoms with E-state index in [9.17, 15) is 18.0 Å². The molecule has 10 heteroatoms. The van der Waals surface area contributed by atoms with Crippen molar-refractivity contribution in [3.63, 3.8) is 0 Å². The standard InChI is InChI=1S/C19H19ClF3N5O/c1-27(2)11-5-10-24-16-12-8-9-15(19(21,22)23)25-17(12)28(18(29)26-16)14-7-4-3-6-13(14)20/h3-4,6-9H,5,10-11H2,1-2H3,(H,24,26,29). The first-order valence-corrected chi connectivity index (χ1v) is 9.21. The van der Waals surface area contributed by atoms with Crippen molar-refractivity contribution in [1.29, 1.82) is 0 Å². The number of benzene rings is 1. The Morgan fingerprint density at radius 2 is 1.86 bits per heavy atom. The molecular formula is C19H19ClF3N5O. The Hall–Kier alpha value is -2.65. The molecule has 0 bridgehead atoms. The molecule has 0 spiro atoms. The number of alkyl halides is 3. The normalized spacial score (nSPS) is 12.0. The van der Waals surface area contributed by atoms with Crippen molar-refractivity contribution in [1.82, 2.24) is 19.4 Å². The molecule has 0 atom stereocenters. The number of halogens is 4. The number of hydrogen-bond donors (Lipinski definition) is 1. The van der Waals surface area contributed by atoms with Gasteiger partial charge in [-0.05, 0) is 51.3 Å². The fourth-order valence-corrected chi connectivity index (χ4v) is 3.07. The van der Waals surface area contributed by atoms with Crippen molar-refractivity contribution in [2.24, 2.45) is 0 Å². The van der Waals surface area contributed by atoms with Gasteiger partial charge in [0, 0.05) is 6.54 Å². The topological polar surface area (TPSA) is 63.1 Å². The van der Waals surface area contributed by atoms with Crippen molar-refractivity contribution in [3.8, 4) is 5.69 Å². The van der Waals surface area contributed by atoms with Crippen LogP contribution in [-0.4, -0.2) is 46.6 Å². The van der Waals surface area contributed by atoms with Gasteiger partial charge in [-0.2, -0.15) is 18.2 Å². The predicted molar refractivity (Wildman–Crippen MR) is 107 cm³/mol. The molecule has 29 heavy (non-hydrogen) atoms. The van der Waals surface area contributed by atoms with Crippen molar-refractivity contribution >= 4 is 28.5 Å². The molecule has 0 aliphatic carbocycles. The van der Waals surface area contributed by atoms with Crippen molar-refractivity contribution in [2.75, 3.05) is 32.5 Å². The van der Waals surface area contributed by atoms with Gasteiger partial charge in [0.2, 0.25) is 0 Å². The zero-order valence-electron chi connectivity index (χ0n) is 15.8. The van der Waals surface area contributed by atoms with E-state index < -0.39 is 17.6 Å². The average molecular weight is 426 g/mol. The van der Waals surface area contributed by atoms with Gasteiger partial charge < -0.3 is 10.2 Å². The van der Waals surface area contributed by atoms with Crippen LogP contribution >= 0.6 is 11.6 Å². The third kappa shape index (κ3) is 4.68. The molecule has 0 amide bonds. The smallest absolute Gasteiger partial charge is 0.369 e. The number of aromatic nitrogens is 3. The molecule has 1 aromatic carbocycles. The number of pyridine rings is 1. The van der Waals surface area contributed by atoms with Gasteiger partial charge in [0.1, 0.15) is 11.5 Å². The highest BCUT2D eigenvalue weighted by molar-refractivity contribution is 6.32. The lowest BCUT2D eigenvalue weighted by molar-refractivity contribution is -0.141. The van der Waals surface area contributed by atoms with E-state index in [0.29, 0.717) is 11.9 Å². The summed E-state index contributed by atoms with van der Waals surface area (Å²) in [6.07, 6.45) is -3.89. The van der Waals surface area contributed by atoms with Crippen LogP contribution < -0.4 is 11.0 Å². The van der Waals surface area contributed by atoms with Gasteiger partial charge in [-0.15, -0.1) is 0 Å². The molecule has 0 aliphatic rings. The summed E-state index contributed by atoms with van der Waals surface area (Å²) in [5.41, 5.74) is -1.83. The monoisotopic (exact) mass is 425 g/mol. The quantitative estimate of drug-likeness (QED) is 0.608. The molecule has 2 heterocycles. The lowest BCUT2D eigenvalue weighted by atomic mass is 10.2. The Morgan fingerprint density at radius 3 is 2.52 bits per heavy atom. The van der Waals surface area contributed by atoms with Gasteiger partial charge in [-0.1, -0.05) is 23.7 Å². The Morgan fingerprint density at radius 1 is 1.14 bits per heavy atom. The highest BCUT2D eigenvalue weighted by atomic mass is 35.5. The van der Waals surface area contributed by atoms with E-state index in [1.807, 2.05) is 19.0 Å². The van der Waals surface area contributed by atoms with E-state index >= 15 is 0 Å². The first-order valence-electron chi connectivity index (χ1n) is 8.83. The summed E-state index contributed by atoms with van der Waals surface area (Å²) in [5, 5.41) is 3.52. The minimum absolute atomic E-state index is 0.164. The minimum atomic E-state index is -4.65. The van der Waals surface area contributed by atoms with Gasteiger partial charge in [-0.25, -0.2) is 14.3 Å². The van der Waals surface area contributed by atoms with Crippen LogP contribution in [0.3, 0.4) is 0 Å². The van der Waals surface area contributed by atoms with Crippen molar-refractivity contribution in [2.45, 2.75) is 12.6 Å². The van der Waals surface area contributed by atoms with E-state index in [2.05, 4.69) is 15.3 Å². The van der Waals surface area contributed by atoms with Crippen molar-refractivity contribution < 1.29 is 13.2 Å².